The van der Waals surface area contributed by atoms with Gasteiger partial charge in [0.2, 0.25) is 8.15 Å². The van der Waals surface area contributed by atoms with E-state index in [4.69, 9.17) is 54.4 Å². The number of anilines is 4. The van der Waals surface area contributed by atoms with Gasteiger partial charge in [0.25, 0.3) is 0 Å². The van der Waals surface area contributed by atoms with Gasteiger partial charge in [-0.1, -0.05) is 232 Å². The summed E-state index contributed by atoms with van der Waals surface area (Å²) in [6.07, 6.45) is 4.30. The number of hydrogen-bond donors (Lipinski definition) is 0. The van der Waals surface area contributed by atoms with Crippen LogP contribution in [0.1, 0.15) is 148 Å². The van der Waals surface area contributed by atoms with E-state index in [0.29, 0.717) is 6.90 Å². The molecule has 2 saturated heterocycles. The second-order valence-electron chi connectivity index (χ2n) is 32.0. The number of nitriles is 1. The van der Waals surface area contributed by atoms with Crippen molar-refractivity contribution in [3.63, 3.8) is 0 Å². The molecule has 14 aromatic carbocycles. The molecule has 4 aliphatic rings. The Morgan fingerprint density at radius 2 is 0.580 bits per heavy atom. The minimum absolute atomic E-state index is 0. The first-order chi connectivity index (χ1) is 62.7. The van der Waals surface area contributed by atoms with Crippen molar-refractivity contribution in [3.8, 4) is 17.6 Å². The molecule has 131 heavy (non-hydrogen) atoms. The van der Waals surface area contributed by atoms with Gasteiger partial charge in [0.05, 0.1) is 6.07 Å². The summed E-state index contributed by atoms with van der Waals surface area (Å²) in [4.78, 5) is 9.62. The molecule has 0 amide bonds. The zero-order chi connectivity index (χ0) is 92.9. The van der Waals surface area contributed by atoms with Crippen molar-refractivity contribution in [1.82, 2.24) is 0 Å². The molecule has 0 spiro atoms. The summed E-state index contributed by atoms with van der Waals surface area (Å²) >= 11 is -3.76. The molecule has 0 N–H and O–H groups in total. The predicted molar refractivity (Wildman–Crippen MR) is 571 cm³/mol. The summed E-state index contributed by atoms with van der Waals surface area (Å²) in [5.41, 5.74) is 33.9. The Balaban J connectivity index is 0.000000176. The Labute approximate surface area is 814 Å². The summed E-state index contributed by atoms with van der Waals surface area (Å²) in [6, 6.07) is 116. The van der Waals surface area contributed by atoms with Gasteiger partial charge in [-0.15, -0.1) is 0 Å². The molecule has 0 atom stereocenters. The van der Waals surface area contributed by atoms with Crippen LogP contribution in [-0.4, -0.2) is 34.4 Å². The maximum atomic E-state index is 7.32. The number of allylic oxidation sites excluding steroid dienone is 2. The zero-order valence-electron chi connectivity index (χ0n) is 77.7. The maximum absolute atomic E-state index is 7.32. The molecular weight excluding hydrogens is 1900 g/mol. The average Bonchev–Trinajstić information content (AvgIpc) is 1.60. The second-order valence-corrected chi connectivity index (χ2v) is 47.5. The van der Waals surface area contributed by atoms with E-state index in [1.807, 2.05) is 97.1 Å². The Bertz CT molecular complexity index is 5580. The molecule has 7 nitrogen and oxygen atoms in total. The van der Waals surface area contributed by atoms with E-state index in [2.05, 4.69) is 373 Å². The summed E-state index contributed by atoms with van der Waals surface area (Å²) in [5.74, 6) is 1.85. The molecule has 0 unspecified atom stereocenters. The SMILES string of the molecule is C.C.CC#N.Cc1cc(C)c(N2[CH-]N(c3c(C)cc(C)cc3C)CC2)c(C)c1.Cc1cc(C)c(N2[CH-]N(c3c(C)cc(C)cc3C)CC2)c(C)c1.Cc1ccc(OP(c2ccccc2)c2ccccc2)cc1.Cc1ccc(O[PH+](c2ccccc2)c2ccccc2)cc1.[2H]CC.[Cl][Ru]([Cl])=[C]1C=C(c2ccccc2)c2ccccc21.[Cl][Ru]([Cl])=[C]1C=C(c2ccccc2)c2ccccc21. The number of aryl methyl sites for hydroxylation is 14. The van der Waals surface area contributed by atoms with Gasteiger partial charge in [0, 0.05) is 67.8 Å². The molecule has 2 fully saturated rings. The zero-order valence-corrected chi connectivity index (χ0v) is 85.1. The number of rotatable bonds is 14. The molecule has 682 valence electrons. The van der Waals surface area contributed by atoms with Gasteiger partial charge in [-0.25, -0.2) is 0 Å². The summed E-state index contributed by atoms with van der Waals surface area (Å²) < 4.78 is 21.1. The molecule has 0 radical (unpaired) electrons. The number of hydrogen-bond acceptors (Lipinski definition) is 7. The van der Waals surface area contributed by atoms with Crippen LogP contribution in [0.3, 0.4) is 0 Å². The van der Waals surface area contributed by atoms with Crippen molar-refractivity contribution >= 4 is 118 Å². The van der Waals surface area contributed by atoms with Crippen LogP contribution in [0.15, 0.2) is 340 Å². The summed E-state index contributed by atoms with van der Waals surface area (Å²) in [5, 5.41) is 12.3. The van der Waals surface area contributed by atoms with E-state index in [-0.39, 0.29) is 14.9 Å². The van der Waals surface area contributed by atoms with E-state index in [1.165, 1.54) is 173 Å². The molecule has 2 heterocycles. The monoisotopic (exact) mass is 2030 g/mol. The van der Waals surface area contributed by atoms with Gasteiger partial charge < -0.3 is 28.6 Å². The molecule has 15 heteroatoms. The normalized spacial score (nSPS) is 12.7. The summed E-state index contributed by atoms with van der Waals surface area (Å²) in [6.45, 7) is 43.0. The Hall–Kier alpha value is -10.1. The van der Waals surface area contributed by atoms with Gasteiger partial charge in [0.1, 0.15) is 16.4 Å². The van der Waals surface area contributed by atoms with Crippen molar-refractivity contribution in [2.24, 2.45) is 0 Å². The Morgan fingerprint density at radius 3 is 0.847 bits per heavy atom. The number of benzene rings is 14. The molecule has 0 aromatic heterocycles. The third kappa shape index (κ3) is 28.5. The first kappa shape index (κ1) is 103. The van der Waals surface area contributed by atoms with Crippen LogP contribution >= 0.6 is 55.1 Å². The quantitative estimate of drug-likeness (QED) is 0.0611. The van der Waals surface area contributed by atoms with Gasteiger partial charge in [-0.05, 0) is 190 Å². The standard InChI is InChI=1S/2C21H27N2.2C19H17OP.2C15H10.C2H3N.C2H6.2CH4.4ClH.2Ru/c2*1-14-9-16(3)20(17(4)10-14)22-7-8-23(13-22)21-18(5)11-15(2)12-19(21)6;2*1-16-12-14-17(15-13-16)20-21(18-8-4-2-5-9-18)19-10-6-3-7-11-19;2*1-2-6-12(7-3-1)15-11-10-13-8-4-5-9-14(13)15;1-2-3;1-2;;;;;;;;/h2*9-13H,7-8H2,1-6H3;2*2-15H,1H3;2*1-9,11H;1H3;1-2H3;2*1H4;4*1H;;/q2*-1;;;;;;;;;;;;;2*+2/p-3/i;;;;;;;1D;;;;;;;;. The molecule has 0 bridgehead atoms. The number of halogens is 4. The molecule has 18 rings (SSSR count). The minimum atomic E-state index is -1.88. The third-order valence-electron chi connectivity index (χ3n) is 21.9. The third-order valence-corrected chi connectivity index (χ3v) is 32.2. The van der Waals surface area contributed by atoms with Crippen molar-refractivity contribution in [2.75, 3.05) is 45.8 Å². The molecule has 2 aliphatic heterocycles. The molecule has 2 aliphatic carbocycles. The first-order valence-corrected chi connectivity index (χ1v) is 56.6. The fraction of sp³-hybridized carbons (Fsp3) is 0.198. The van der Waals surface area contributed by atoms with Crippen LogP contribution in [0, 0.1) is 122 Å². The van der Waals surface area contributed by atoms with E-state index in [0.717, 1.165) is 45.9 Å². The van der Waals surface area contributed by atoms with Crippen molar-refractivity contribution < 1.29 is 37.5 Å². The van der Waals surface area contributed by atoms with E-state index >= 15 is 0 Å². The van der Waals surface area contributed by atoms with Crippen LogP contribution in [-0.2, 0) is 27.0 Å². The van der Waals surface area contributed by atoms with Crippen LogP contribution in [0.2, 0.25) is 0 Å². The van der Waals surface area contributed by atoms with Crippen LogP contribution in [0.25, 0.3) is 11.1 Å². The fourth-order valence-corrected chi connectivity index (χ4v) is 25.4. The Kier molecular flexibility index (Phi) is 40.7. The Morgan fingerprint density at radius 1 is 0.344 bits per heavy atom. The molecule has 0 saturated carbocycles. The van der Waals surface area contributed by atoms with Gasteiger partial charge in [-0.3, -0.25) is 0 Å². The number of fused-ring (bicyclic) bond motifs is 2. The van der Waals surface area contributed by atoms with Crippen molar-refractivity contribution in [2.45, 2.75) is 133 Å². The van der Waals surface area contributed by atoms with Gasteiger partial charge in [-0.2, -0.15) is 18.6 Å². The predicted octanol–water partition coefficient (Wildman–Crippen LogP) is 30.5. The van der Waals surface area contributed by atoms with Crippen LogP contribution in [0.5, 0.6) is 11.5 Å². The van der Waals surface area contributed by atoms with E-state index < -0.39 is 43.3 Å². The van der Waals surface area contributed by atoms with Crippen LogP contribution in [0.4, 0.5) is 22.7 Å². The average molecular weight is 2030 g/mol. The van der Waals surface area contributed by atoms with E-state index in [1.54, 1.807) is 13.0 Å². The summed E-state index contributed by atoms with van der Waals surface area (Å²) in [7, 11) is 22.7. The van der Waals surface area contributed by atoms with Gasteiger partial charge in [0.15, 0.2) is 13.9 Å². The fourth-order valence-electron chi connectivity index (χ4n) is 16.8. The first-order valence-electron chi connectivity index (χ1n) is 44.0. The topological polar surface area (TPSA) is 55.2 Å². The van der Waals surface area contributed by atoms with Crippen molar-refractivity contribution in [3.05, 3.63) is 464 Å². The van der Waals surface area contributed by atoms with Crippen molar-refractivity contribution in [1.29, 1.82) is 5.26 Å². The molecular formula is C116H126Cl4N5O2P2Ru2-. The van der Waals surface area contributed by atoms with E-state index in [9.17, 15) is 0 Å². The second kappa shape index (κ2) is 51.8. The van der Waals surface area contributed by atoms with Gasteiger partial charge >= 0.3 is 240 Å². The van der Waals surface area contributed by atoms with Crippen LogP contribution < -0.4 is 49.9 Å². The molecule has 14 aromatic rings. The number of nitrogens with zero attached hydrogens (tertiary/aromatic N) is 5.